The zero-order valence-electron chi connectivity index (χ0n) is 18.3. The maximum absolute atomic E-state index is 11.2. The predicted octanol–water partition coefficient (Wildman–Crippen LogP) is 2.51. The number of halogens is 2. The number of benzene rings is 1. The van der Waals surface area contributed by atoms with Gasteiger partial charge in [-0.3, -0.25) is 4.79 Å². The third-order valence-corrected chi connectivity index (χ3v) is 6.15. The second-order valence-electron chi connectivity index (χ2n) is 7.59. The van der Waals surface area contributed by atoms with E-state index in [1.165, 1.54) is 24.2 Å². The molecule has 0 atom stereocenters. The molecule has 1 heterocycles. The summed E-state index contributed by atoms with van der Waals surface area (Å²) in [4.78, 5) is 17.5. The molecule has 0 N–H and O–H groups in total. The molecular weight excluding hydrogens is 434 g/mol. The molecule has 1 aliphatic heterocycles. The summed E-state index contributed by atoms with van der Waals surface area (Å²) >= 11 is 12.2. The van der Waals surface area contributed by atoms with E-state index in [9.17, 15) is 4.79 Å². The zero-order valence-corrected chi connectivity index (χ0v) is 23.0. The first kappa shape index (κ1) is 27.5. The molecule has 29 heavy (non-hydrogen) atoms. The van der Waals surface area contributed by atoms with Crippen molar-refractivity contribution in [3.8, 4) is 0 Å². The molecule has 2 amide bonds. The summed E-state index contributed by atoms with van der Waals surface area (Å²) < 4.78 is 0. The number of nitrogens with zero attached hydrogens (tertiary/aromatic N) is 4. The minimum Gasteiger partial charge on any atom is -0.443 e. The predicted molar refractivity (Wildman–Crippen MR) is 120 cm³/mol. The van der Waals surface area contributed by atoms with Crippen molar-refractivity contribution in [2.45, 2.75) is 45.1 Å². The molecular formula is C21H33Cl2KN4O. The largest absolute Gasteiger partial charge is 1.00 e. The Morgan fingerprint density at radius 3 is 2.28 bits per heavy atom. The molecule has 2 fully saturated rings. The van der Waals surface area contributed by atoms with Crippen molar-refractivity contribution in [3.63, 3.8) is 0 Å². The van der Waals surface area contributed by atoms with Crippen molar-refractivity contribution < 1.29 is 56.2 Å². The minimum atomic E-state index is -0.0816. The quantitative estimate of drug-likeness (QED) is 0.642. The van der Waals surface area contributed by atoms with Crippen LogP contribution < -0.4 is 56.3 Å². The number of likely N-dealkylation sites (N-methyl/N-ethyl adjacent to an activating group) is 1. The van der Waals surface area contributed by atoms with Crippen LogP contribution in [0.5, 0.6) is 0 Å². The second-order valence-corrected chi connectivity index (χ2v) is 8.38. The van der Waals surface area contributed by atoms with Gasteiger partial charge < -0.3 is 20.0 Å². The van der Waals surface area contributed by atoms with E-state index in [4.69, 9.17) is 23.2 Å². The number of hydrogen-bond donors (Lipinski definition) is 0. The number of carbonyl (C=O) groups is 1. The Bertz CT molecular complexity index is 619. The minimum absolute atomic E-state index is 0. The van der Waals surface area contributed by atoms with Crippen molar-refractivity contribution in [1.82, 2.24) is 9.80 Å². The van der Waals surface area contributed by atoms with Crippen molar-refractivity contribution >= 4 is 34.9 Å². The molecule has 1 aliphatic carbocycles. The molecule has 0 radical (unpaired) electrons. The Balaban J connectivity index is 0.000000292. The van der Waals surface area contributed by atoms with Crippen molar-refractivity contribution in [3.05, 3.63) is 33.6 Å². The maximum Gasteiger partial charge on any atom is 1.00 e. The number of urea groups is 1. The van der Waals surface area contributed by atoms with Crippen LogP contribution in [0.4, 0.5) is 10.5 Å². The molecule has 5 nitrogen and oxygen atoms in total. The van der Waals surface area contributed by atoms with E-state index in [1.807, 2.05) is 18.2 Å². The van der Waals surface area contributed by atoms with Gasteiger partial charge in [0.25, 0.3) is 0 Å². The molecule has 1 saturated carbocycles. The van der Waals surface area contributed by atoms with E-state index in [2.05, 4.69) is 22.0 Å². The van der Waals surface area contributed by atoms with E-state index in [1.54, 1.807) is 14.1 Å². The van der Waals surface area contributed by atoms with Gasteiger partial charge in [-0.15, -0.1) is 0 Å². The van der Waals surface area contributed by atoms with Gasteiger partial charge in [0, 0.05) is 26.2 Å². The van der Waals surface area contributed by atoms with Crippen LogP contribution in [0.15, 0.2) is 18.2 Å². The fourth-order valence-corrected chi connectivity index (χ4v) is 3.94. The van der Waals surface area contributed by atoms with Crippen LogP contribution in [-0.4, -0.2) is 68.7 Å². The van der Waals surface area contributed by atoms with E-state index in [0.29, 0.717) is 16.1 Å². The summed E-state index contributed by atoms with van der Waals surface area (Å²) in [5.41, 5.74) is 1.06. The van der Waals surface area contributed by atoms with Gasteiger partial charge in [0.05, 0.1) is 15.7 Å². The van der Waals surface area contributed by atoms with Crippen molar-refractivity contribution in [1.29, 1.82) is 0 Å². The van der Waals surface area contributed by atoms with Crippen LogP contribution >= 0.6 is 23.2 Å². The summed E-state index contributed by atoms with van der Waals surface area (Å²) in [5.74, 6) is 0. The Morgan fingerprint density at radius 1 is 1.10 bits per heavy atom. The summed E-state index contributed by atoms with van der Waals surface area (Å²) in [6, 6.07) is 6.04. The topological polar surface area (TPSA) is 40.9 Å². The number of rotatable bonds is 3. The SMILES string of the molecule is CCN1CCN(c2cccc(Cl)c2Cl)CC1.CN(C)C(=O)[N-]C1CCCCC1.[K+]. The second kappa shape index (κ2) is 14.5. The third-order valence-electron chi connectivity index (χ3n) is 5.34. The van der Waals surface area contributed by atoms with E-state index in [0.717, 1.165) is 51.3 Å². The molecule has 3 rings (SSSR count). The fourth-order valence-electron chi connectivity index (χ4n) is 3.52. The summed E-state index contributed by atoms with van der Waals surface area (Å²) in [5, 5.41) is 5.43. The monoisotopic (exact) mass is 466 g/mol. The molecule has 8 heteroatoms. The normalized spacial score (nSPS) is 17.6. The number of amides is 2. The molecule has 1 aromatic rings. The average Bonchev–Trinajstić information content (AvgIpc) is 2.71. The Labute approximate surface area is 228 Å². The number of anilines is 1. The molecule has 0 aromatic heterocycles. The molecule has 0 unspecified atom stereocenters. The Hall–Kier alpha value is 0.466. The van der Waals surface area contributed by atoms with Crippen LogP contribution in [0.2, 0.25) is 10.0 Å². The Morgan fingerprint density at radius 2 is 1.72 bits per heavy atom. The average molecular weight is 468 g/mol. The van der Waals surface area contributed by atoms with Crippen LogP contribution in [0.1, 0.15) is 39.0 Å². The van der Waals surface area contributed by atoms with E-state index < -0.39 is 0 Å². The number of carbonyl (C=O) groups excluding carboxylic acids is 1. The van der Waals surface area contributed by atoms with Crippen LogP contribution in [0.3, 0.4) is 0 Å². The third kappa shape index (κ3) is 9.24. The molecule has 1 saturated heterocycles. The number of hydrogen-bond acceptors (Lipinski definition) is 3. The van der Waals surface area contributed by atoms with Crippen LogP contribution in [0, 0.1) is 0 Å². The standard InChI is InChI=1S/C12H16Cl2N2.C9H18N2O.K/c1-2-15-6-8-16(9-7-15)11-5-3-4-10(13)12(11)14;1-11(2)9(12)10-8-6-4-3-5-7-8;/h3-5H,2,6-9H2,1H3;8H,3-7H2,1-2H3,(H,10,12);/q;;+1/p-1. The van der Waals surface area contributed by atoms with Crippen LogP contribution in [0.25, 0.3) is 5.32 Å². The van der Waals surface area contributed by atoms with Gasteiger partial charge in [0.15, 0.2) is 6.03 Å². The zero-order chi connectivity index (χ0) is 20.5. The summed E-state index contributed by atoms with van der Waals surface area (Å²) in [7, 11) is 3.49. The number of piperazine rings is 1. The van der Waals surface area contributed by atoms with Gasteiger partial charge in [0.2, 0.25) is 0 Å². The Kier molecular flexibility index (Phi) is 13.8. The van der Waals surface area contributed by atoms with Crippen molar-refractivity contribution in [2.75, 3.05) is 51.7 Å². The maximum atomic E-state index is 11.2. The smallest absolute Gasteiger partial charge is 0.443 e. The van der Waals surface area contributed by atoms with Gasteiger partial charge in [-0.1, -0.05) is 82.4 Å². The summed E-state index contributed by atoms with van der Waals surface area (Å²) in [6.07, 6.45) is 5.96. The summed E-state index contributed by atoms with van der Waals surface area (Å²) in [6.45, 7) is 7.56. The first-order valence-electron chi connectivity index (χ1n) is 10.3. The van der Waals surface area contributed by atoms with Gasteiger partial charge in [0.1, 0.15) is 0 Å². The van der Waals surface area contributed by atoms with Gasteiger partial charge in [-0.2, -0.15) is 0 Å². The molecule has 158 valence electrons. The van der Waals surface area contributed by atoms with Crippen molar-refractivity contribution in [2.24, 2.45) is 0 Å². The van der Waals surface area contributed by atoms with Gasteiger partial charge in [-0.25, -0.2) is 0 Å². The fraction of sp³-hybridized carbons (Fsp3) is 0.667. The molecule has 2 aliphatic rings. The van der Waals surface area contributed by atoms with E-state index in [-0.39, 0.29) is 57.4 Å². The molecule has 1 aromatic carbocycles. The first-order valence-corrected chi connectivity index (χ1v) is 11.0. The van der Waals surface area contributed by atoms with Gasteiger partial charge in [-0.05, 0) is 24.7 Å². The molecule has 0 bridgehead atoms. The first-order chi connectivity index (χ1) is 13.4. The van der Waals surface area contributed by atoms with Crippen LogP contribution in [-0.2, 0) is 0 Å². The van der Waals surface area contributed by atoms with E-state index >= 15 is 0 Å². The molecule has 0 spiro atoms. The van der Waals surface area contributed by atoms with Gasteiger partial charge >= 0.3 is 51.4 Å².